The zero-order valence-electron chi connectivity index (χ0n) is 13.1. The fraction of sp³-hybridized carbons (Fsp3) is 0.368. The zero-order chi connectivity index (χ0) is 16.0. The van der Waals surface area contributed by atoms with Crippen LogP contribution in [-0.4, -0.2) is 24.8 Å². The molecule has 4 heteroatoms. The first-order valence-corrected chi connectivity index (χ1v) is 8.51. The van der Waals surface area contributed by atoms with Crippen molar-refractivity contribution in [2.24, 2.45) is 5.92 Å². The number of anilines is 1. The Labute approximate surface area is 141 Å². The SMILES string of the molecule is CC1c2ccc(N3CCC(CO)C3)cc2Oc2c(Cl)cccc21. The molecule has 1 saturated heterocycles. The van der Waals surface area contributed by atoms with Gasteiger partial charge in [-0.15, -0.1) is 0 Å². The van der Waals surface area contributed by atoms with E-state index < -0.39 is 0 Å². The van der Waals surface area contributed by atoms with Crippen molar-refractivity contribution in [1.29, 1.82) is 0 Å². The second-order valence-electron chi connectivity index (χ2n) is 6.49. The highest BCUT2D eigenvalue weighted by atomic mass is 35.5. The third kappa shape index (κ3) is 2.48. The van der Waals surface area contributed by atoms with E-state index in [9.17, 15) is 5.11 Å². The number of para-hydroxylation sites is 1. The van der Waals surface area contributed by atoms with E-state index in [2.05, 4.69) is 36.1 Å². The van der Waals surface area contributed by atoms with Crippen LogP contribution in [0.4, 0.5) is 5.69 Å². The van der Waals surface area contributed by atoms with Crippen molar-refractivity contribution < 1.29 is 9.84 Å². The summed E-state index contributed by atoms with van der Waals surface area (Å²) in [6, 6.07) is 12.3. The maximum absolute atomic E-state index is 9.33. The molecule has 2 aromatic rings. The molecule has 0 aromatic heterocycles. The molecule has 0 aliphatic carbocycles. The van der Waals surface area contributed by atoms with Gasteiger partial charge in [-0.1, -0.05) is 36.7 Å². The van der Waals surface area contributed by atoms with E-state index in [0.717, 1.165) is 42.3 Å². The Morgan fingerprint density at radius 1 is 1.26 bits per heavy atom. The maximum Gasteiger partial charge on any atom is 0.149 e. The standard InChI is InChI=1S/C19H20ClNO2/c1-12-15-6-5-14(21-8-7-13(10-21)11-22)9-18(15)23-19-16(12)3-2-4-17(19)20/h2-6,9,12-13,22H,7-8,10-11H2,1H3. The van der Waals surface area contributed by atoms with Crippen LogP contribution in [0, 0.1) is 5.92 Å². The molecule has 2 aliphatic rings. The van der Waals surface area contributed by atoms with Crippen molar-refractivity contribution in [3.63, 3.8) is 0 Å². The molecule has 2 unspecified atom stereocenters. The molecular formula is C19H20ClNO2. The molecule has 3 nitrogen and oxygen atoms in total. The molecule has 2 aromatic carbocycles. The fourth-order valence-electron chi connectivity index (χ4n) is 3.63. The predicted octanol–water partition coefficient (Wildman–Crippen LogP) is 4.42. The summed E-state index contributed by atoms with van der Waals surface area (Å²) in [6.45, 7) is 4.34. The smallest absolute Gasteiger partial charge is 0.149 e. The van der Waals surface area contributed by atoms with Gasteiger partial charge in [0, 0.05) is 54.4 Å². The summed E-state index contributed by atoms with van der Waals surface area (Å²) >= 11 is 6.32. The molecule has 2 aliphatic heterocycles. The van der Waals surface area contributed by atoms with Crippen molar-refractivity contribution in [2.75, 3.05) is 24.6 Å². The van der Waals surface area contributed by atoms with Gasteiger partial charge in [-0.2, -0.15) is 0 Å². The lowest BCUT2D eigenvalue weighted by atomic mass is 9.89. The summed E-state index contributed by atoms with van der Waals surface area (Å²) in [7, 11) is 0. The number of aliphatic hydroxyl groups is 1. The molecule has 0 bridgehead atoms. The number of hydrogen-bond donors (Lipinski definition) is 1. The van der Waals surface area contributed by atoms with Gasteiger partial charge in [0.15, 0.2) is 0 Å². The van der Waals surface area contributed by atoms with Gasteiger partial charge in [-0.3, -0.25) is 0 Å². The minimum absolute atomic E-state index is 0.262. The lowest BCUT2D eigenvalue weighted by molar-refractivity contribution is 0.238. The summed E-state index contributed by atoms with van der Waals surface area (Å²) in [5, 5.41) is 9.99. The highest BCUT2D eigenvalue weighted by molar-refractivity contribution is 6.32. The molecule has 0 amide bonds. The first-order chi connectivity index (χ1) is 11.2. The molecule has 0 spiro atoms. The summed E-state index contributed by atoms with van der Waals surface area (Å²) < 4.78 is 6.12. The van der Waals surface area contributed by atoms with Crippen molar-refractivity contribution in [3.05, 3.63) is 52.5 Å². The number of aliphatic hydroxyl groups excluding tert-OH is 1. The number of fused-ring (bicyclic) bond motifs is 2. The van der Waals surface area contributed by atoms with Crippen molar-refractivity contribution in [2.45, 2.75) is 19.3 Å². The lowest BCUT2D eigenvalue weighted by Crippen LogP contribution is -2.21. The fourth-order valence-corrected chi connectivity index (χ4v) is 3.85. The van der Waals surface area contributed by atoms with Crippen molar-refractivity contribution >= 4 is 17.3 Å². The van der Waals surface area contributed by atoms with Crippen LogP contribution in [0.2, 0.25) is 5.02 Å². The quantitative estimate of drug-likeness (QED) is 0.885. The van der Waals surface area contributed by atoms with E-state index in [-0.39, 0.29) is 12.5 Å². The molecule has 2 heterocycles. The van der Waals surface area contributed by atoms with Gasteiger partial charge in [0.25, 0.3) is 0 Å². The Morgan fingerprint density at radius 2 is 2.13 bits per heavy atom. The number of halogens is 1. The van der Waals surface area contributed by atoms with Crippen LogP contribution < -0.4 is 9.64 Å². The minimum Gasteiger partial charge on any atom is -0.455 e. The minimum atomic E-state index is 0.262. The molecule has 4 rings (SSSR count). The molecule has 2 atom stereocenters. The monoisotopic (exact) mass is 329 g/mol. The Morgan fingerprint density at radius 3 is 2.91 bits per heavy atom. The number of nitrogens with zero attached hydrogens (tertiary/aromatic N) is 1. The van der Waals surface area contributed by atoms with E-state index in [1.807, 2.05) is 12.1 Å². The zero-order valence-corrected chi connectivity index (χ0v) is 13.9. The summed E-state index contributed by atoms with van der Waals surface area (Å²) in [6.07, 6.45) is 1.04. The molecule has 23 heavy (non-hydrogen) atoms. The first-order valence-electron chi connectivity index (χ1n) is 8.13. The van der Waals surface area contributed by atoms with E-state index in [0.29, 0.717) is 10.9 Å². The van der Waals surface area contributed by atoms with E-state index in [1.54, 1.807) is 0 Å². The predicted molar refractivity (Wildman–Crippen MR) is 92.9 cm³/mol. The van der Waals surface area contributed by atoms with Crippen LogP contribution in [0.25, 0.3) is 0 Å². The lowest BCUT2D eigenvalue weighted by Gasteiger charge is -2.28. The molecule has 0 radical (unpaired) electrons. The molecule has 120 valence electrons. The number of benzene rings is 2. The largest absolute Gasteiger partial charge is 0.455 e. The van der Waals surface area contributed by atoms with Gasteiger partial charge in [0.05, 0.1) is 5.02 Å². The summed E-state index contributed by atoms with van der Waals surface area (Å²) in [5.41, 5.74) is 3.49. The number of rotatable bonds is 2. The van der Waals surface area contributed by atoms with Crippen LogP contribution in [-0.2, 0) is 0 Å². The average Bonchev–Trinajstić information content (AvgIpc) is 3.05. The van der Waals surface area contributed by atoms with Crippen LogP contribution in [0.5, 0.6) is 11.5 Å². The Hall–Kier alpha value is -1.71. The van der Waals surface area contributed by atoms with Crippen LogP contribution in [0.15, 0.2) is 36.4 Å². The molecular weight excluding hydrogens is 310 g/mol. The van der Waals surface area contributed by atoms with E-state index >= 15 is 0 Å². The van der Waals surface area contributed by atoms with E-state index in [4.69, 9.17) is 16.3 Å². The normalized spacial score (nSPS) is 22.5. The van der Waals surface area contributed by atoms with Gasteiger partial charge in [0.2, 0.25) is 0 Å². The Bertz CT molecular complexity index is 746. The summed E-state index contributed by atoms with van der Waals surface area (Å²) in [4.78, 5) is 2.32. The maximum atomic E-state index is 9.33. The summed E-state index contributed by atoms with van der Waals surface area (Å²) in [5.74, 6) is 2.32. The van der Waals surface area contributed by atoms with Gasteiger partial charge < -0.3 is 14.7 Å². The third-order valence-electron chi connectivity index (χ3n) is 5.05. The van der Waals surface area contributed by atoms with Crippen molar-refractivity contribution in [3.8, 4) is 11.5 Å². The van der Waals surface area contributed by atoms with Gasteiger partial charge >= 0.3 is 0 Å². The number of ether oxygens (including phenoxy) is 1. The van der Waals surface area contributed by atoms with Gasteiger partial charge in [0.1, 0.15) is 11.5 Å². The molecule has 1 fully saturated rings. The van der Waals surface area contributed by atoms with Gasteiger partial charge in [-0.25, -0.2) is 0 Å². The highest BCUT2D eigenvalue weighted by Crippen LogP contribution is 2.48. The van der Waals surface area contributed by atoms with Crippen LogP contribution in [0.1, 0.15) is 30.4 Å². The number of hydrogen-bond acceptors (Lipinski definition) is 3. The molecule has 1 N–H and O–H groups in total. The van der Waals surface area contributed by atoms with Crippen molar-refractivity contribution in [1.82, 2.24) is 0 Å². The highest BCUT2D eigenvalue weighted by Gasteiger charge is 2.28. The Kier molecular flexibility index (Phi) is 3.70. The molecule has 0 saturated carbocycles. The first kappa shape index (κ1) is 14.9. The van der Waals surface area contributed by atoms with Crippen LogP contribution in [0.3, 0.4) is 0 Å². The van der Waals surface area contributed by atoms with Gasteiger partial charge in [-0.05, 0) is 18.6 Å². The average molecular weight is 330 g/mol. The second-order valence-corrected chi connectivity index (χ2v) is 6.89. The topological polar surface area (TPSA) is 32.7 Å². The Balaban J connectivity index is 1.69. The second kappa shape index (κ2) is 5.73. The van der Waals surface area contributed by atoms with E-state index in [1.165, 1.54) is 5.56 Å². The van der Waals surface area contributed by atoms with Crippen LogP contribution >= 0.6 is 11.6 Å². The third-order valence-corrected chi connectivity index (χ3v) is 5.35.